The first-order chi connectivity index (χ1) is 19.6. The Balaban J connectivity index is 1.69. The molecule has 0 aliphatic rings. The van der Waals surface area contributed by atoms with Crippen molar-refractivity contribution in [2.75, 3.05) is 19.0 Å². The molecule has 0 aliphatic carbocycles. The highest BCUT2D eigenvalue weighted by molar-refractivity contribution is 7.18. The van der Waals surface area contributed by atoms with Gasteiger partial charge in [-0.25, -0.2) is 14.4 Å². The topological polar surface area (TPSA) is 130 Å². The van der Waals surface area contributed by atoms with E-state index < -0.39 is 35.5 Å². The number of thiophene rings is 1. The summed E-state index contributed by atoms with van der Waals surface area (Å²) >= 11 is 0.851. The van der Waals surface area contributed by atoms with Crippen LogP contribution in [0.5, 0.6) is 0 Å². The fourth-order valence-electron chi connectivity index (χ4n) is 4.43. The summed E-state index contributed by atoms with van der Waals surface area (Å²) in [5.74, 6) is -3.05. The quantitative estimate of drug-likeness (QED) is 0.236. The molecular weight excluding hydrogens is 548 g/mol. The van der Waals surface area contributed by atoms with E-state index in [4.69, 9.17) is 14.2 Å². The van der Waals surface area contributed by atoms with Gasteiger partial charge in [0, 0.05) is 18.0 Å². The Bertz CT molecular complexity index is 1720. The molecule has 0 bridgehead atoms. The number of anilines is 1. The smallest absolute Gasteiger partial charge is 0.356 e. The number of aromatic nitrogens is 1. The molecule has 1 unspecified atom stereocenters. The van der Waals surface area contributed by atoms with Crippen molar-refractivity contribution in [1.82, 2.24) is 4.57 Å². The monoisotopic (exact) mass is 576 g/mol. The van der Waals surface area contributed by atoms with Crippen molar-refractivity contribution >= 4 is 50.9 Å². The molecule has 4 aromatic rings. The van der Waals surface area contributed by atoms with Crippen molar-refractivity contribution in [3.05, 3.63) is 86.6 Å². The van der Waals surface area contributed by atoms with Crippen molar-refractivity contribution in [3.63, 3.8) is 0 Å². The lowest BCUT2D eigenvalue weighted by atomic mass is 9.97. The number of ether oxygens (including phenoxy) is 3. The molecule has 1 amide bonds. The average molecular weight is 577 g/mol. The lowest BCUT2D eigenvalue weighted by molar-refractivity contribution is -0.123. The van der Waals surface area contributed by atoms with E-state index in [2.05, 4.69) is 5.32 Å². The molecular formula is C30H28N2O8S. The van der Waals surface area contributed by atoms with Gasteiger partial charge in [-0.2, -0.15) is 0 Å². The van der Waals surface area contributed by atoms with Crippen LogP contribution in [0.4, 0.5) is 5.00 Å². The van der Waals surface area contributed by atoms with E-state index in [9.17, 15) is 24.0 Å². The van der Waals surface area contributed by atoms with Gasteiger partial charge in [0.05, 0.1) is 19.3 Å². The van der Waals surface area contributed by atoms with Crippen molar-refractivity contribution in [2.45, 2.75) is 26.9 Å². The van der Waals surface area contributed by atoms with Crippen LogP contribution in [-0.2, 0) is 26.1 Å². The summed E-state index contributed by atoms with van der Waals surface area (Å²) in [5, 5.41) is 3.61. The number of carbonyl (C=O) groups excluding carboxylic acids is 4. The summed E-state index contributed by atoms with van der Waals surface area (Å²) < 4.78 is 16.7. The normalized spacial score (nSPS) is 11.5. The van der Waals surface area contributed by atoms with E-state index >= 15 is 0 Å². The first kappa shape index (κ1) is 29.2. The number of methoxy groups -OCH3 is 1. The number of hydrogen-bond donors (Lipinski definition) is 1. The summed E-state index contributed by atoms with van der Waals surface area (Å²) in [6, 6.07) is 16.0. The van der Waals surface area contributed by atoms with Gasteiger partial charge in [0.15, 0.2) is 6.10 Å². The SMILES string of the molecule is CCOC(=O)c1sc(NC(=O)C(C)OC(=O)c2c(-c3ccccc3)c3ccccc3c(=O)n2C)c(C(=O)OC)c1C. The van der Waals surface area contributed by atoms with Crippen LogP contribution >= 0.6 is 11.3 Å². The standard InChI is InChI=1S/C30H28N2O8S/c1-6-39-30(37)24-16(2)21(28(35)38-5)26(41-24)31-25(33)17(3)40-29(36)23-22(18-12-8-7-9-13-18)19-14-10-11-15-20(19)27(34)32(23)4/h7-15,17H,6H2,1-5H3,(H,31,33). The van der Waals surface area contributed by atoms with E-state index in [0.717, 1.165) is 11.3 Å². The number of nitrogens with zero attached hydrogens (tertiary/aromatic N) is 1. The lowest BCUT2D eigenvalue weighted by Gasteiger charge is -2.19. The Morgan fingerprint density at radius 1 is 0.951 bits per heavy atom. The molecule has 0 saturated heterocycles. The van der Waals surface area contributed by atoms with Gasteiger partial charge in [0.25, 0.3) is 11.5 Å². The highest BCUT2D eigenvalue weighted by atomic mass is 32.1. The molecule has 0 fully saturated rings. The van der Waals surface area contributed by atoms with Gasteiger partial charge in [-0.15, -0.1) is 11.3 Å². The minimum Gasteiger partial charge on any atom is -0.465 e. The largest absolute Gasteiger partial charge is 0.465 e. The molecule has 0 saturated carbocycles. The zero-order valence-electron chi connectivity index (χ0n) is 23.1. The molecule has 0 radical (unpaired) electrons. The summed E-state index contributed by atoms with van der Waals surface area (Å²) in [7, 11) is 2.65. The second-order valence-corrected chi connectivity index (χ2v) is 10.0. The van der Waals surface area contributed by atoms with Gasteiger partial charge in [-0.3, -0.25) is 9.59 Å². The van der Waals surface area contributed by atoms with Crippen LogP contribution < -0.4 is 10.9 Å². The number of benzene rings is 2. The number of amides is 1. The van der Waals surface area contributed by atoms with E-state index in [0.29, 0.717) is 27.5 Å². The predicted molar refractivity (Wildman–Crippen MR) is 154 cm³/mol. The number of rotatable bonds is 8. The summed E-state index contributed by atoms with van der Waals surface area (Å²) in [6.45, 7) is 4.68. The molecule has 11 heteroatoms. The van der Waals surface area contributed by atoms with E-state index in [1.165, 1.54) is 25.6 Å². The van der Waals surface area contributed by atoms with Crippen LogP contribution in [0.2, 0.25) is 0 Å². The molecule has 1 atom stereocenters. The zero-order chi connectivity index (χ0) is 29.8. The van der Waals surface area contributed by atoms with Crippen molar-refractivity contribution in [2.24, 2.45) is 7.05 Å². The lowest BCUT2D eigenvalue weighted by Crippen LogP contribution is -2.33. The van der Waals surface area contributed by atoms with Crippen LogP contribution in [0.15, 0.2) is 59.4 Å². The molecule has 0 aliphatic heterocycles. The Morgan fingerprint density at radius 2 is 1.59 bits per heavy atom. The summed E-state index contributed by atoms with van der Waals surface area (Å²) in [5.41, 5.74) is 1.04. The second kappa shape index (κ2) is 12.2. The maximum atomic E-state index is 13.6. The van der Waals surface area contributed by atoms with Crippen molar-refractivity contribution < 1.29 is 33.4 Å². The maximum Gasteiger partial charge on any atom is 0.356 e. The van der Waals surface area contributed by atoms with E-state index in [-0.39, 0.29) is 27.7 Å². The fourth-order valence-corrected chi connectivity index (χ4v) is 5.52. The Morgan fingerprint density at radius 3 is 2.22 bits per heavy atom. The number of esters is 3. The Labute approximate surface area is 239 Å². The van der Waals surface area contributed by atoms with Crippen LogP contribution in [0.25, 0.3) is 21.9 Å². The van der Waals surface area contributed by atoms with Crippen LogP contribution in [0, 0.1) is 6.92 Å². The number of fused-ring (bicyclic) bond motifs is 1. The van der Waals surface area contributed by atoms with E-state index in [1.807, 2.05) is 30.3 Å². The van der Waals surface area contributed by atoms with Gasteiger partial charge < -0.3 is 24.1 Å². The molecule has 2 aromatic carbocycles. The first-order valence-electron chi connectivity index (χ1n) is 12.7. The molecule has 41 heavy (non-hydrogen) atoms. The number of nitrogens with one attached hydrogen (secondary N) is 1. The minimum atomic E-state index is -1.34. The third-order valence-electron chi connectivity index (χ3n) is 6.45. The first-order valence-corrected chi connectivity index (χ1v) is 13.5. The Kier molecular flexibility index (Phi) is 8.68. The van der Waals surface area contributed by atoms with Crippen LogP contribution in [-0.4, -0.2) is 48.2 Å². The number of carbonyl (C=O) groups is 4. The second-order valence-electron chi connectivity index (χ2n) is 9.01. The fraction of sp³-hybridized carbons (Fsp3) is 0.233. The van der Waals surface area contributed by atoms with Crippen molar-refractivity contribution in [3.8, 4) is 11.1 Å². The third kappa shape index (κ3) is 5.62. The van der Waals surface area contributed by atoms with Crippen LogP contribution in [0.1, 0.15) is 49.9 Å². The van der Waals surface area contributed by atoms with Gasteiger partial charge in [-0.1, -0.05) is 48.5 Å². The summed E-state index contributed by atoms with van der Waals surface area (Å²) in [6.07, 6.45) is -1.34. The van der Waals surface area contributed by atoms with Crippen LogP contribution in [0.3, 0.4) is 0 Å². The molecule has 212 valence electrons. The summed E-state index contributed by atoms with van der Waals surface area (Å²) in [4.78, 5) is 64.9. The maximum absolute atomic E-state index is 13.6. The van der Waals surface area contributed by atoms with Gasteiger partial charge in [0.2, 0.25) is 0 Å². The third-order valence-corrected chi connectivity index (χ3v) is 7.63. The number of pyridine rings is 1. The molecule has 2 heterocycles. The van der Waals surface area contributed by atoms with E-state index in [1.54, 1.807) is 38.1 Å². The molecule has 1 N–H and O–H groups in total. The minimum absolute atomic E-state index is 0.00396. The zero-order valence-corrected chi connectivity index (χ0v) is 23.9. The molecule has 10 nitrogen and oxygen atoms in total. The number of hydrogen-bond acceptors (Lipinski definition) is 9. The average Bonchev–Trinajstić information content (AvgIpc) is 3.30. The predicted octanol–water partition coefficient (Wildman–Crippen LogP) is 4.72. The van der Waals surface area contributed by atoms with Gasteiger partial charge >= 0.3 is 17.9 Å². The Hall–Kier alpha value is -4.77. The molecule has 2 aromatic heterocycles. The van der Waals surface area contributed by atoms with Gasteiger partial charge in [0.1, 0.15) is 15.6 Å². The highest BCUT2D eigenvalue weighted by Crippen LogP contribution is 2.35. The highest BCUT2D eigenvalue weighted by Gasteiger charge is 2.30. The van der Waals surface area contributed by atoms with Gasteiger partial charge in [-0.05, 0) is 43.4 Å². The van der Waals surface area contributed by atoms with Crippen molar-refractivity contribution in [1.29, 1.82) is 0 Å². The molecule has 4 rings (SSSR count). The molecule has 0 spiro atoms.